The highest BCUT2D eigenvalue weighted by atomic mass is 32.2. The van der Waals surface area contributed by atoms with E-state index in [0.29, 0.717) is 11.8 Å². The predicted octanol–water partition coefficient (Wildman–Crippen LogP) is 5.18. The normalized spacial score (nSPS) is 15.2. The Labute approximate surface area is 146 Å². The van der Waals surface area contributed by atoms with E-state index in [2.05, 4.69) is 5.32 Å². The van der Waals surface area contributed by atoms with Crippen molar-refractivity contribution in [3.05, 3.63) is 65.5 Å². The molecule has 2 nitrogen and oxygen atoms in total. The maximum Gasteiger partial charge on any atom is 0.252 e. The van der Waals surface area contributed by atoms with Crippen molar-refractivity contribution in [2.45, 2.75) is 48.8 Å². The topological polar surface area (TPSA) is 29.1 Å². The fraction of sp³-hybridized carbons (Fsp3) is 0.350. The Kier molecular flexibility index (Phi) is 5.91. The van der Waals surface area contributed by atoms with Gasteiger partial charge < -0.3 is 5.32 Å². The lowest BCUT2D eigenvalue weighted by molar-refractivity contribution is 0.0924. The highest BCUT2D eigenvalue weighted by Gasteiger charge is 2.18. The minimum Gasteiger partial charge on any atom is -0.349 e. The van der Waals surface area contributed by atoms with Crippen LogP contribution in [0.4, 0.5) is 4.39 Å². The molecule has 4 heteroatoms. The fourth-order valence-electron chi connectivity index (χ4n) is 3.03. The summed E-state index contributed by atoms with van der Waals surface area (Å²) < 4.78 is 13.0. The van der Waals surface area contributed by atoms with Gasteiger partial charge in [0.15, 0.2) is 0 Å². The summed E-state index contributed by atoms with van der Waals surface area (Å²) in [7, 11) is 0. The number of thioether (sulfide) groups is 1. The minimum atomic E-state index is -0.226. The van der Waals surface area contributed by atoms with Crippen LogP contribution in [0.25, 0.3) is 0 Å². The second-order valence-corrected chi connectivity index (χ2v) is 7.24. The molecule has 3 rings (SSSR count). The maximum absolute atomic E-state index is 13.0. The van der Waals surface area contributed by atoms with E-state index >= 15 is 0 Å². The largest absolute Gasteiger partial charge is 0.349 e. The first-order chi connectivity index (χ1) is 11.7. The highest BCUT2D eigenvalue weighted by Crippen LogP contribution is 2.27. The van der Waals surface area contributed by atoms with E-state index in [1.807, 2.05) is 24.3 Å². The monoisotopic (exact) mass is 343 g/mol. The summed E-state index contributed by atoms with van der Waals surface area (Å²) in [6.07, 6.45) is 5.83. The molecule has 1 aliphatic rings. The Morgan fingerprint density at radius 1 is 1.04 bits per heavy atom. The van der Waals surface area contributed by atoms with Crippen molar-refractivity contribution < 1.29 is 9.18 Å². The molecule has 1 aliphatic carbocycles. The van der Waals surface area contributed by atoms with Crippen LogP contribution in [0.1, 0.15) is 48.0 Å². The molecule has 2 aromatic rings. The molecule has 0 spiro atoms. The average molecular weight is 343 g/mol. The summed E-state index contributed by atoms with van der Waals surface area (Å²) in [5.41, 5.74) is 1.78. The van der Waals surface area contributed by atoms with Crippen molar-refractivity contribution in [2.75, 3.05) is 0 Å². The molecule has 0 bridgehead atoms. The van der Waals surface area contributed by atoms with Crippen LogP contribution in [0.2, 0.25) is 0 Å². The van der Waals surface area contributed by atoms with E-state index in [0.717, 1.165) is 28.9 Å². The summed E-state index contributed by atoms with van der Waals surface area (Å²) >= 11 is 1.61. The first-order valence-electron chi connectivity index (χ1n) is 8.49. The molecule has 0 radical (unpaired) electrons. The minimum absolute atomic E-state index is 0.0177. The Balaban J connectivity index is 1.65. The van der Waals surface area contributed by atoms with Gasteiger partial charge in [0.25, 0.3) is 5.91 Å². The van der Waals surface area contributed by atoms with Gasteiger partial charge >= 0.3 is 0 Å². The van der Waals surface area contributed by atoms with E-state index in [1.165, 1.54) is 31.4 Å². The molecule has 0 unspecified atom stereocenters. The van der Waals surface area contributed by atoms with Gasteiger partial charge in [0, 0.05) is 16.7 Å². The fourth-order valence-corrected chi connectivity index (χ4v) is 4.04. The molecule has 1 saturated carbocycles. The average Bonchev–Trinajstić information content (AvgIpc) is 2.62. The lowest BCUT2D eigenvalue weighted by atomic mass is 9.95. The summed E-state index contributed by atoms with van der Waals surface area (Å²) in [6, 6.07) is 14.5. The van der Waals surface area contributed by atoms with Crippen molar-refractivity contribution in [3.63, 3.8) is 0 Å². The molecule has 1 fully saturated rings. The van der Waals surface area contributed by atoms with Gasteiger partial charge in [-0.05, 0) is 42.7 Å². The zero-order chi connectivity index (χ0) is 16.8. The first-order valence-corrected chi connectivity index (χ1v) is 9.48. The molecule has 1 amide bonds. The van der Waals surface area contributed by atoms with E-state index in [-0.39, 0.29) is 11.7 Å². The van der Waals surface area contributed by atoms with E-state index in [1.54, 1.807) is 23.9 Å². The number of halogens is 1. The molecule has 1 N–H and O–H groups in total. The van der Waals surface area contributed by atoms with Gasteiger partial charge in [-0.3, -0.25) is 4.79 Å². The summed E-state index contributed by atoms with van der Waals surface area (Å²) in [5.74, 6) is 0.508. The number of hydrogen-bond acceptors (Lipinski definition) is 2. The zero-order valence-corrected chi connectivity index (χ0v) is 14.4. The quantitative estimate of drug-likeness (QED) is 0.758. The van der Waals surface area contributed by atoms with Crippen LogP contribution in [0, 0.1) is 5.82 Å². The van der Waals surface area contributed by atoms with E-state index in [4.69, 9.17) is 0 Å². The number of carbonyl (C=O) groups excluding carboxylic acids is 1. The van der Waals surface area contributed by atoms with Crippen LogP contribution in [0.5, 0.6) is 0 Å². The molecular formula is C20H22FNOS. The lowest BCUT2D eigenvalue weighted by Gasteiger charge is -2.23. The Morgan fingerprint density at radius 3 is 2.50 bits per heavy atom. The molecule has 0 aliphatic heterocycles. The third-order valence-corrected chi connectivity index (χ3v) is 5.52. The van der Waals surface area contributed by atoms with Crippen LogP contribution in [0.15, 0.2) is 53.4 Å². The second kappa shape index (κ2) is 8.34. The molecular weight excluding hydrogens is 321 g/mol. The molecule has 0 heterocycles. The standard InChI is InChI=1S/C20H22FNOS/c21-16-12-10-15(11-13-16)14-24-19-9-5-4-8-18(19)20(23)22-17-6-2-1-3-7-17/h4-5,8-13,17H,1-3,6-7,14H2,(H,22,23). The van der Waals surface area contributed by atoms with E-state index in [9.17, 15) is 9.18 Å². The summed E-state index contributed by atoms with van der Waals surface area (Å²) in [5, 5.41) is 3.18. The first kappa shape index (κ1) is 17.0. The van der Waals surface area contributed by atoms with Crippen molar-refractivity contribution in [1.29, 1.82) is 0 Å². The Hall–Kier alpha value is -1.81. The summed E-state index contributed by atoms with van der Waals surface area (Å²) in [6.45, 7) is 0. The Morgan fingerprint density at radius 2 is 1.75 bits per heavy atom. The smallest absolute Gasteiger partial charge is 0.252 e. The van der Waals surface area contributed by atoms with E-state index < -0.39 is 0 Å². The van der Waals surface area contributed by atoms with Crippen molar-refractivity contribution in [3.8, 4) is 0 Å². The number of rotatable bonds is 5. The van der Waals surface area contributed by atoms with Crippen molar-refractivity contribution >= 4 is 17.7 Å². The number of carbonyl (C=O) groups is 1. The van der Waals surface area contributed by atoms with Crippen LogP contribution in [-0.4, -0.2) is 11.9 Å². The Bertz CT molecular complexity index is 680. The second-order valence-electron chi connectivity index (χ2n) is 6.22. The van der Waals surface area contributed by atoms with Gasteiger partial charge in [0.1, 0.15) is 5.82 Å². The molecule has 0 saturated heterocycles. The summed E-state index contributed by atoms with van der Waals surface area (Å²) in [4.78, 5) is 13.6. The van der Waals surface area contributed by atoms with Gasteiger partial charge in [0.05, 0.1) is 5.56 Å². The highest BCUT2D eigenvalue weighted by molar-refractivity contribution is 7.98. The number of hydrogen-bond donors (Lipinski definition) is 1. The van der Waals surface area contributed by atoms with Crippen molar-refractivity contribution in [1.82, 2.24) is 5.32 Å². The van der Waals surface area contributed by atoms with Crippen LogP contribution in [0.3, 0.4) is 0 Å². The third kappa shape index (κ3) is 4.60. The van der Waals surface area contributed by atoms with Gasteiger partial charge in [-0.15, -0.1) is 11.8 Å². The van der Waals surface area contributed by atoms with Crippen LogP contribution < -0.4 is 5.32 Å². The molecule has 0 aromatic heterocycles. The lowest BCUT2D eigenvalue weighted by Crippen LogP contribution is -2.36. The van der Waals surface area contributed by atoms with Gasteiger partial charge in [-0.25, -0.2) is 4.39 Å². The number of benzene rings is 2. The van der Waals surface area contributed by atoms with Crippen LogP contribution >= 0.6 is 11.8 Å². The number of amides is 1. The van der Waals surface area contributed by atoms with Crippen LogP contribution in [-0.2, 0) is 5.75 Å². The van der Waals surface area contributed by atoms with Crippen molar-refractivity contribution in [2.24, 2.45) is 0 Å². The molecule has 126 valence electrons. The predicted molar refractivity (Wildman–Crippen MR) is 96.7 cm³/mol. The SMILES string of the molecule is O=C(NC1CCCCC1)c1ccccc1SCc1ccc(F)cc1. The molecule has 0 atom stereocenters. The number of nitrogens with one attached hydrogen (secondary N) is 1. The van der Waals surface area contributed by atoms with Gasteiger partial charge in [-0.2, -0.15) is 0 Å². The molecule has 24 heavy (non-hydrogen) atoms. The van der Waals surface area contributed by atoms with Gasteiger partial charge in [0.2, 0.25) is 0 Å². The third-order valence-electron chi connectivity index (χ3n) is 4.38. The zero-order valence-electron chi connectivity index (χ0n) is 13.6. The van der Waals surface area contributed by atoms with Gasteiger partial charge in [-0.1, -0.05) is 43.5 Å². The maximum atomic E-state index is 13.0. The molecule has 2 aromatic carbocycles.